The van der Waals surface area contributed by atoms with E-state index in [0.717, 1.165) is 76.2 Å². The number of hydrogen-bond donors (Lipinski definition) is 2. The second-order valence-electron chi connectivity index (χ2n) is 17.9. The van der Waals surface area contributed by atoms with E-state index in [1.165, 1.54) is 18.4 Å². The van der Waals surface area contributed by atoms with Gasteiger partial charge in [0.05, 0.1) is 12.2 Å². The lowest BCUT2D eigenvalue weighted by atomic mass is 9.40. The average Bonchev–Trinajstić information content (AvgIpc) is 3.43. The van der Waals surface area contributed by atoms with Crippen molar-refractivity contribution in [2.75, 3.05) is 0 Å². The molecule has 0 saturated heterocycles. The predicted molar refractivity (Wildman–Crippen MR) is 163 cm³/mol. The van der Waals surface area contributed by atoms with Gasteiger partial charge in [-0.3, -0.25) is 9.59 Å². The Morgan fingerprint density at radius 2 is 1.24 bits per heavy atom. The first-order valence-electron chi connectivity index (χ1n) is 18.1. The Morgan fingerprint density at radius 1 is 0.619 bits per heavy atom. The van der Waals surface area contributed by atoms with Gasteiger partial charge in [-0.1, -0.05) is 33.3 Å². The zero-order chi connectivity index (χ0) is 29.4. The van der Waals surface area contributed by atoms with Gasteiger partial charge in [0.2, 0.25) is 0 Å². The molecular weight excluding hydrogens is 520 g/mol. The summed E-state index contributed by atoms with van der Waals surface area (Å²) in [5.74, 6) is 4.86. The summed E-state index contributed by atoms with van der Waals surface area (Å²) in [6, 6.07) is 0. The van der Waals surface area contributed by atoms with Crippen molar-refractivity contribution < 1.29 is 19.8 Å². The number of carbonyl (C=O) groups excluding carboxylic acids is 2. The van der Waals surface area contributed by atoms with E-state index in [-0.39, 0.29) is 39.8 Å². The normalized spacial score (nSPS) is 57.1. The van der Waals surface area contributed by atoms with E-state index in [1.54, 1.807) is 0 Å². The lowest BCUT2D eigenvalue weighted by molar-refractivity contribution is -0.154. The maximum atomic E-state index is 14.3. The third-order valence-corrected chi connectivity index (χ3v) is 17.0. The van der Waals surface area contributed by atoms with E-state index < -0.39 is 0 Å². The number of aliphatic hydroxyl groups excluding tert-OH is 2. The van der Waals surface area contributed by atoms with Gasteiger partial charge in [0.15, 0.2) is 5.78 Å². The number of carbonyl (C=O) groups is 2. The summed E-state index contributed by atoms with van der Waals surface area (Å²) in [6.45, 7) is 9.77. The zero-order valence-electron chi connectivity index (χ0n) is 26.8. The number of rotatable bonds is 1. The molecule has 0 amide bonds. The summed E-state index contributed by atoms with van der Waals surface area (Å²) in [5.41, 5.74) is 2.79. The van der Waals surface area contributed by atoms with E-state index in [2.05, 4.69) is 27.7 Å². The highest BCUT2D eigenvalue weighted by Crippen LogP contribution is 2.71. The van der Waals surface area contributed by atoms with Crippen LogP contribution in [0.1, 0.15) is 130 Å². The van der Waals surface area contributed by atoms with Gasteiger partial charge in [0.1, 0.15) is 5.78 Å². The highest BCUT2D eigenvalue weighted by atomic mass is 16.3. The van der Waals surface area contributed by atoms with Crippen LogP contribution in [0.5, 0.6) is 0 Å². The molecule has 0 spiro atoms. The number of Topliss-reactive ketones (excluding diaryl/α,β-unsaturated/α-hetero) is 2. The highest BCUT2D eigenvalue weighted by molar-refractivity contribution is 5.99. The lowest BCUT2D eigenvalue weighted by Crippen LogP contribution is -2.58. The SMILES string of the molecule is C[C@]12C(CC[C@@H]3[C@@H]1CC[C@]1(C)[C@@H](O)CC[C@@H]31)CC(=O)CC2C1=C2CC[C@H]3[C@@H]4CC[C@H](O)[C@@]4(C)CC[C@@H]3[C@@]2(C)CCC1=O. The molecule has 8 aliphatic carbocycles. The molecule has 0 aliphatic heterocycles. The van der Waals surface area contributed by atoms with Gasteiger partial charge in [-0.2, -0.15) is 0 Å². The topological polar surface area (TPSA) is 74.6 Å². The Hall–Kier alpha value is -1.00. The standard InChI is InChI=1S/C38H56O4/c1-35-18-15-31(40)34(29(35)8-7-23-25-9-11-32(41)36(25,2)16-13-27(23)35)30-20-22(39)19-21-5-6-24-26-10-12-33(42)37(26,3)17-14-28(24)38(21,30)4/h21,23-28,30,32-33,41-42H,5-20H2,1-4H3/t21?,23-,24-,25-,26-,27-,28-,30?,32-,33-,35+,36-,37-,38-/m0/s1. The van der Waals surface area contributed by atoms with Gasteiger partial charge in [0, 0.05) is 25.2 Å². The van der Waals surface area contributed by atoms with Gasteiger partial charge < -0.3 is 10.2 Å². The van der Waals surface area contributed by atoms with Crippen LogP contribution in [0.15, 0.2) is 11.1 Å². The number of aliphatic hydroxyl groups is 2. The van der Waals surface area contributed by atoms with Crippen LogP contribution in [0.3, 0.4) is 0 Å². The Labute approximate surface area is 253 Å². The fraction of sp³-hybridized carbons (Fsp3) is 0.895. The summed E-state index contributed by atoms with van der Waals surface area (Å²) >= 11 is 0. The van der Waals surface area contributed by atoms with Crippen LogP contribution in [-0.2, 0) is 9.59 Å². The van der Waals surface area contributed by atoms with Crippen LogP contribution < -0.4 is 0 Å². The van der Waals surface area contributed by atoms with Crippen molar-refractivity contribution in [2.45, 2.75) is 143 Å². The summed E-state index contributed by atoms with van der Waals surface area (Å²) in [6.07, 6.45) is 15.8. The molecule has 0 bridgehead atoms. The Bertz CT molecular complexity index is 1220. The van der Waals surface area contributed by atoms with E-state index in [4.69, 9.17) is 0 Å². The van der Waals surface area contributed by atoms with Crippen molar-refractivity contribution in [3.63, 3.8) is 0 Å². The van der Waals surface area contributed by atoms with E-state index in [0.29, 0.717) is 72.3 Å². The lowest BCUT2D eigenvalue weighted by Gasteiger charge is -2.63. The van der Waals surface area contributed by atoms with Crippen molar-refractivity contribution >= 4 is 11.6 Å². The van der Waals surface area contributed by atoms with Crippen LogP contribution in [-0.4, -0.2) is 34.0 Å². The third kappa shape index (κ3) is 3.49. The van der Waals surface area contributed by atoms with Crippen molar-refractivity contribution in [3.8, 4) is 0 Å². The largest absolute Gasteiger partial charge is 0.393 e. The minimum Gasteiger partial charge on any atom is -0.393 e. The molecule has 0 aromatic carbocycles. The van der Waals surface area contributed by atoms with Gasteiger partial charge in [-0.25, -0.2) is 0 Å². The van der Waals surface area contributed by atoms with Crippen molar-refractivity contribution in [2.24, 2.45) is 69.0 Å². The molecule has 42 heavy (non-hydrogen) atoms. The molecule has 0 heterocycles. The molecule has 7 saturated carbocycles. The quantitative estimate of drug-likeness (QED) is 0.340. The fourth-order valence-corrected chi connectivity index (χ4v) is 14.7. The third-order valence-electron chi connectivity index (χ3n) is 17.0. The molecule has 4 nitrogen and oxygen atoms in total. The maximum Gasteiger partial charge on any atom is 0.159 e. The number of hydrogen-bond acceptors (Lipinski definition) is 4. The first-order chi connectivity index (χ1) is 19.9. The fourth-order valence-electron chi connectivity index (χ4n) is 14.7. The zero-order valence-corrected chi connectivity index (χ0v) is 26.8. The molecule has 0 aromatic rings. The van der Waals surface area contributed by atoms with Crippen molar-refractivity contribution in [1.29, 1.82) is 0 Å². The molecule has 4 heteroatoms. The maximum absolute atomic E-state index is 14.3. The van der Waals surface area contributed by atoms with E-state index in [9.17, 15) is 19.8 Å². The molecule has 8 rings (SSSR count). The molecule has 2 unspecified atom stereocenters. The van der Waals surface area contributed by atoms with Gasteiger partial charge in [0.25, 0.3) is 0 Å². The summed E-state index contributed by atoms with van der Waals surface area (Å²) in [5, 5.41) is 22.0. The van der Waals surface area contributed by atoms with Crippen LogP contribution >= 0.6 is 0 Å². The molecule has 8 aliphatic rings. The van der Waals surface area contributed by atoms with E-state index in [1.807, 2.05) is 0 Å². The summed E-state index contributed by atoms with van der Waals surface area (Å²) < 4.78 is 0. The molecular formula is C38H56O4. The molecule has 0 aromatic heterocycles. The predicted octanol–water partition coefficient (Wildman–Crippen LogP) is 7.45. The number of allylic oxidation sites excluding steroid dienone is 1. The first-order valence-corrected chi connectivity index (χ1v) is 18.1. The van der Waals surface area contributed by atoms with Crippen molar-refractivity contribution in [1.82, 2.24) is 0 Å². The molecule has 2 N–H and O–H groups in total. The molecule has 0 radical (unpaired) electrons. The minimum absolute atomic E-state index is 0.000505. The van der Waals surface area contributed by atoms with Crippen molar-refractivity contribution in [3.05, 3.63) is 11.1 Å². The molecule has 7 fully saturated rings. The minimum atomic E-state index is -0.170. The van der Waals surface area contributed by atoms with Crippen LogP contribution in [0.4, 0.5) is 0 Å². The first kappa shape index (κ1) is 28.5. The smallest absolute Gasteiger partial charge is 0.159 e. The average molecular weight is 577 g/mol. The summed E-state index contributed by atoms with van der Waals surface area (Å²) in [7, 11) is 0. The van der Waals surface area contributed by atoms with Crippen LogP contribution in [0.25, 0.3) is 0 Å². The monoisotopic (exact) mass is 576 g/mol. The van der Waals surface area contributed by atoms with Crippen LogP contribution in [0, 0.1) is 69.0 Å². The Morgan fingerprint density at radius 3 is 1.90 bits per heavy atom. The summed E-state index contributed by atoms with van der Waals surface area (Å²) in [4.78, 5) is 27.8. The molecule has 232 valence electrons. The van der Waals surface area contributed by atoms with Crippen LogP contribution in [0.2, 0.25) is 0 Å². The Balaban J connectivity index is 1.20. The second-order valence-corrected chi connectivity index (χ2v) is 17.9. The van der Waals surface area contributed by atoms with Gasteiger partial charge in [-0.15, -0.1) is 0 Å². The van der Waals surface area contributed by atoms with Gasteiger partial charge >= 0.3 is 0 Å². The Kier molecular flexibility index (Phi) is 6.29. The number of ketones is 2. The molecule has 14 atom stereocenters. The van der Waals surface area contributed by atoms with Gasteiger partial charge in [-0.05, 0) is 152 Å². The number of fused-ring (bicyclic) bond motifs is 10. The second kappa shape index (κ2) is 9.27. The highest BCUT2D eigenvalue weighted by Gasteiger charge is 2.65. The van der Waals surface area contributed by atoms with E-state index >= 15 is 0 Å².